The average Bonchev–Trinajstić information content (AvgIpc) is 3.04. The standard InChI is InChI=1S/C17H17NO4S2/c1-18-9-8-10(13(18)15-14(9)22-15)21-16(19)17(20,11-4-2-6-23-11)12-5-3-7-24-12/h2-7,9-10,13-15,20H,8H2,1H3/t9-,10+,13-,14+,15-/m0/s1. The third-order valence-electron chi connectivity index (χ3n) is 5.43. The topological polar surface area (TPSA) is 62.3 Å². The second-order valence-corrected chi connectivity index (χ2v) is 8.53. The highest BCUT2D eigenvalue weighted by molar-refractivity contribution is 7.12. The van der Waals surface area contributed by atoms with Crippen LogP contribution in [-0.4, -0.2) is 53.4 Å². The van der Waals surface area contributed by atoms with E-state index in [1.807, 2.05) is 22.9 Å². The number of carbonyl (C=O) groups is 1. The molecule has 0 aromatic carbocycles. The molecule has 1 N–H and O–H groups in total. The smallest absolute Gasteiger partial charge is 0.349 e. The largest absolute Gasteiger partial charge is 0.458 e. The van der Waals surface area contributed by atoms with E-state index in [0.717, 1.165) is 6.42 Å². The zero-order valence-electron chi connectivity index (χ0n) is 13.0. The fourth-order valence-corrected chi connectivity index (χ4v) is 5.90. The van der Waals surface area contributed by atoms with Crippen LogP contribution in [0.3, 0.4) is 0 Å². The van der Waals surface area contributed by atoms with E-state index in [9.17, 15) is 9.90 Å². The van der Waals surface area contributed by atoms with E-state index in [1.165, 1.54) is 22.7 Å². The Morgan fingerprint density at radius 2 is 1.96 bits per heavy atom. The summed E-state index contributed by atoms with van der Waals surface area (Å²) in [6.45, 7) is 0. The van der Waals surface area contributed by atoms with Crippen LogP contribution in [0.1, 0.15) is 16.2 Å². The summed E-state index contributed by atoms with van der Waals surface area (Å²) in [6, 6.07) is 7.66. The van der Waals surface area contributed by atoms with Crippen LogP contribution < -0.4 is 0 Å². The second-order valence-electron chi connectivity index (χ2n) is 6.63. The number of rotatable bonds is 4. The van der Waals surface area contributed by atoms with E-state index >= 15 is 0 Å². The molecule has 2 bridgehead atoms. The molecular formula is C17H17NO4S2. The zero-order chi connectivity index (χ0) is 16.5. The van der Waals surface area contributed by atoms with Crippen molar-refractivity contribution in [3.05, 3.63) is 44.8 Å². The summed E-state index contributed by atoms with van der Waals surface area (Å²) in [7, 11) is 2.06. The van der Waals surface area contributed by atoms with Gasteiger partial charge in [-0.15, -0.1) is 22.7 Å². The molecule has 5 rings (SSSR count). The summed E-state index contributed by atoms with van der Waals surface area (Å²) >= 11 is 2.72. The van der Waals surface area contributed by atoms with Crippen molar-refractivity contribution in [1.82, 2.24) is 4.90 Å². The van der Waals surface area contributed by atoms with Gasteiger partial charge in [-0.05, 0) is 29.9 Å². The lowest BCUT2D eigenvalue weighted by Gasteiger charge is -2.28. The Bertz CT molecular complexity index is 725. The molecule has 3 aliphatic heterocycles. The first kappa shape index (κ1) is 15.0. The maximum atomic E-state index is 13.0. The molecule has 2 aromatic rings. The number of aliphatic hydroxyl groups is 1. The number of morpholine rings is 1. The van der Waals surface area contributed by atoms with Gasteiger partial charge in [-0.25, -0.2) is 4.79 Å². The molecular weight excluding hydrogens is 346 g/mol. The molecule has 0 amide bonds. The van der Waals surface area contributed by atoms with Gasteiger partial charge in [0.15, 0.2) is 0 Å². The lowest BCUT2D eigenvalue weighted by molar-refractivity contribution is -0.168. The number of nitrogens with zero attached hydrogens (tertiary/aromatic N) is 1. The summed E-state index contributed by atoms with van der Waals surface area (Å²) < 4.78 is 11.5. The lowest BCUT2D eigenvalue weighted by Crippen LogP contribution is -2.43. The van der Waals surface area contributed by atoms with Crippen molar-refractivity contribution in [2.45, 2.75) is 42.4 Å². The monoisotopic (exact) mass is 363 g/mol. The summed E-state index contributed by atoms with van der Waals surface area (Å²) in [6.07, 6.45) is 1.05. The first-order valence-electron chi connectivity index (χ1n) is 7.99. The molecule has 0 unspecified atom stereocenters. The highest BCUT2D eigenvalue weighted by Crippen LogP contribution is 2.50. The van der Waals surface area contributed by atoms with Crippen molar-refractivity contribution in [3.63, 3.8) is 0 Å². The van der Waals surface area contributed by atoms with E-state index in [0.29, 0.717) is 21.9 Å². The maximum absolute atomic E-state index is 13.0. The molecule has 0 radical (unpaired) electrons. The Kier molecular flexibility index (Phi) is 3.21. The van der Waals surface area contributed by atoms with Gasteiger partial charge in [0.25, 0.3) is 0 Å². The number of hydrogen-bond donors (Lipinski definition) is 1. The van der Waals surface area contributed by atoms with Crippen molar-refractivity contribution in [2.75, 3.05) is 7.05 Å². The van der Waals surface area contributed by atoms with Gasteiger partial charge in [-0.2, -0.15) is 0 Å². The van der Waals surface area contributed by atoms with Crippen LogP contribution in [0.25, 0.3) is 0 Å². The van der Waals surface area contributed by atoms with E-state index in [4.69, 9.17) is 9.47 Å². The Labute approximate surface area is 147 Å². The van der Waals surface area contributed by atoms with Crippen molar-refractivity contribution in [3.8, 4) is 0 Å². The highest BCUT2D eigenvalue weighted by atomic mass is 32.1. The van der Waals surface area contributed by atoms with Gasteiger partial charge >= 0.3 is 5.97 Å². The Morgan fingerprint density at radius 1 is 1.29 bits per heavy atom. The number of thiophene rings is 2. The van der Waals surface area contributed by atoms with Crippen LogP contribution in [0.4, 0.5) is 0 Å². The van der Waals surface area contributed by atoms with Crippen LogP contribution in [0.2, 0.25) is 0 Å². The van der Waals surface area contributed by atoms with Gasteiger partial charge in [-0.1, -0.05) is 12.1 Å². The lowest BCUT2D eigenvalue weighted by atomic mass is 9.96. The number of epoxide rings is 1. The van der Waals surface area contributed by atoms with Crippen molar-refractivity contribution < 1.29 is 19.4 Å². The highest BCUT2D eigenvalue weighted by Gasteiger charge is 2.68. The fraction of sp³-hybridized carbons (Fsp3) is 0.471. The normalized spacial score (nSPS) is 34.3. The second kappa shape index (κ2) is 5.12. The summed E-state index contributed by atoms with van der Waals surface area (Å²) in [5.74, 6) is -0.587. The van der Waals surface area contributed by atoms with Crippen LogP contribution >= 0.6 is 22.7 Å². The number of hydrogen-bond acceptors (Lipinski definition) is 7. The Hall–Kier alpha value is -1.25. The first-order chi connectivity index (χ1) is 11.6. The van der Waals surface area contributed by atoms with Gasteiger partial charge in [-0.3, -0.25) is 4.90 Å². The predicted octanol–water partition coefficient (Wildman–Crippen LogP) is 1.81. The van der Waals surface area contributed by atoms with E-state index < -0.39 is 11.6 Å². The van der Waals surface area contributed by atoms with Crippen LogP contribution in [0, 0.1) is 0 Å². The van der Waals surface area contributed by atoms with Gasteiger partial charge in [0.1, 0.15) is 18.3 Å². The minimum Gasteiger partial charge on any atom is -0.458 e. The summed E-state index contributed by atoms with van der Waals surface area (Å²) in [5, 5.41) is 15.0. The van der Waals surface area contributed by atoms with Crippen LogP contribution in [0.5, 0.6) is 0 Å². The van der Waals surface area contributed by atoms with Gasteiger partial charge in [0.05, 0.1) is 15.8 Å². The molecule has 0 aliphatic carbocycles. The molecule has 5 heterocycles. The molecule has 5 atom stereocenters. The van der Waals surface area contributed by atoms with Crippen molar-refractivity contribution in [1.29, 1.82) is 0 Å². The van der Waals surface area contributed by atoms with E-state index in [-0.39, 0.29) is 18.2 Å². The molecule has 0 saturated carbocycles. The molecule has 7 heteroatoms. The minimum atomic E-state index is -1.73. The van der Waals surface area contributed by atoms with Crippen LogP contribution in [-0.2, 0) is 19.9 Å². The number of fused-ring (bicyclic) bond motifs is 5. The van der Waals surface area contributed by atoms with Crippen LogP contribution in [0.15, 0.2) is 35.0 Å². The maximum Gasteiger partial charge on any atom is 0.349 e. The molecule has 3 saturated heterocycles. The molecule has 2 aromatic heterocycles. The SMILES string of the molecule is CN1[C@@H]2[C@@H]3O[C@@H]3[C@@H]1C[C@H]2OC(=O)C(O)(c1cccs1)c1cccs1. The third kappa shape index (κ3) is 1.93. The number of carbonyl (C=O) groups excluding carboxylic acids is 1. The number of likely N-dealkylation sites (N-methyl/N-ethyl adjacent to an activating group) is 1. The van der Waals surface area contributed by atoms with Crippen molar-refractivity contribution in [2.24, 2.45) is 0 Å². The Balaban J connectivity index is 1.44. The van der Waals surface area contributed by atoms with E-state index in [1.54, 1.807) is 12.1 Å². The molecule has 3 fully saturated rings. The first-order valence-corrected chi connectivity index (χ1v) is 9.75. The molecule has 5 nitrogen and oxygen atoms in total. The number of esters is 1. The van der Waals surface area contributed by atoms with E-state index in [2.05, 4.69) is 11.9 Å². The molecule has 0 spiro atoms. The van der Waals surface area contributed by atoms with Crippen molar-refractivity contribution >= 4 is 28.6 Å². The minimum absolute atomic E-state index is 0.111. The summed E-state index contributed by atoms with van der Waals surface area (Å²) in [5.41, 5.74) is -1.73. The van der Waals surface area contributed by atoms with Gasteiger partial charge in [0, 0.05) is 12.5 Å². The molecule has 3 aliphatic rings. The number of ether oxygens (including phenoxy) is 2. The Morgan fingerprint density at radius 3 is 2.46 bits per heavy atom. The summed E-state index contributed by atoms with van der Waals surface area (Å²) in [4.78, 5) is 16.4. The zero-order valence-corrected chi connectivity index (χ0v) is 14.6. The molecule has 126 valence electrons. The van der Waals surface area contributed by atoms with Gasteiger partial charge in [0.2, 0.25) is 5.60 Å². The van der Waals surface area contributed by atoms with Gasteiger partial charge < -0.3 is 14.6 Å². The molecule has 24 heavy (non-hydrogen) atoms. The third-order valence-corrected chi connectivity index (χ3v) is 7.39. The predicted molar refractivity (Wildman–Crippen MR) is 90.1 cm³/mol. The fourth-order valence-electron chi connectivity index (χ4n) is 4.19. The average molecular weight is 363 g/mol. The quantitative estimate of drug-likeness (QED) is 0.663.